The molecule has 0 saturated heterocycles. The molecule has 0 radical (unpaired) electrons. The number of aliphatic carboxylic acids is 1. The zero-order chi connectivity index (χ0) is 14.4. The lowest BCUT2D eigenvalue weighted by molar-refractivity contribution is -0.137. The Balaban J connectivity index is 1.80. The smallest absolute Gasteiger partial charge is 0.303 e. The highest BCUT2D eigenvalue weighted by Crippen LogP contribution is 2.24. The van der Waals surface area contributed by atoms with Gasteiger partial charge in [0.05, 0.1) is 24.9 Å². The van der Waals surface area contributed by atoms with Gasteiger partial charge in [-0.15, -0.1) is 0 Å². The Morgan fingerprint density at radius 3 is 3.00 bits per heavy atom. The van der Waals surface area contributed by atoms with Crippen molar-refractivity contribution in [3.63, 3.8) is 0 Å². The summed E-state index contributed by atoms with van der Waals surface area (Å²) in [6.45, 7) is 1.11. The van der Waals surface area contributed by atoms with Crippen molar-refractivity contribution in [2.24, 2.45) is 4.99 Å². The Hall–Kier alpha value is -1.89. The molecule has 3 N–H and O–H groups in total. The first-order chi connectivity index (χ1) is 9.68. The van der Waals surface area contributed by atoms with E-state index >= 15 is 0 Å². The lowest BCUT2D eigenvalue weighted by Gasteiger charge is -2.12. The van der Waals surface area contributed by atoms with Crippen LogP contribution in [0.25, 0.3) is 0 Å². The Labute approximate surface area is 117 Å². The number of aromatic nitrogens is 2. The molecule has 0 saturated carbocycles. The highest BCUT2D eigenvalue weighted by Gasteiger charge is 2.20. The number of aliphatic imine (C=N–C) groups is 1. The third-order valence-corrected chi connectivity index (χ3v) is 3.30. The maximum atomic E-state index is 10.4. The number of fused-ring (bicyclic) bond motifs is 1. The molecule has 1 aliphatic rings. The van der Waals surface area contributed by atoms with Crippen LogP contribution in [-0.4, -0.2) is 38.6 Å². The number of carboxylic acids is 1. The maximum absolute atomic E-state index is 10.4. The number of rotatable bonds is 7. The summed E-state index contributed by atoms with van der Waals surface area (Å²) >= 11 is 0. The lowest BCUT2D eigenvalue weighted by atomic mass is 10.1. The third kappa shape index (κ3) is 3.80. The van der Waals surface area contributed by atoms with E-state index in [1.165, 1.54) is 0 Å². The van der Waals surface area contributed by atoms with Crippen molar-refractivity contribution in [2.45, 2.75) is 44.8 Å². The summed E-state index contributed by atoms with van der Waals surface area (Å²) < 4.78 is 1.94. The molecule has 0 spiro atoms. The number of aliphatic hydroxyl groups excluding tert-OH is 1. The molecular weight excluding hydrogens is 260 g/mol. The van der Waals surface area contributed by atoms with Gasteiger partial charge in [-0.05, 0) is 12.8 Å². The minimum absolute atomic E-state index is 0.237. The summed E-state index contributed by atoms with van der Waals surface area (Å²) in [5, 5.41) is 21.5. The van der Waals surface area contributed by atoms with Crippen molar-refractivity contribution < 1.29 is 15.0 Å². The first kappa shape index (κ1) is 14.5. The van der Waals surface area contributed by atoms with Gasteiger partial charge in [0.1, 0.15) is 6.10 Å². The molecule has 0 fully saturated rings. The fraction of sp³-hybridized carbons (Fsp3) is 0.615. The summed E-state index contributed by atoms with van der Waals surface area (Å²) in [5.74, 6) is -0.0799. The molecule has 0 aliphatic carbocycles. The van der Waals surface area contributed by atoms with Gasteiger partial charge in [0.15, 0.2) is 5.82 Å². The predicted octanol–water partition coefficient (Wildman–Crippen LogP) is 1.41. The molecule has 1 aliphatic heterocycles. The van der Waals surface area contributed by atoms with Gasteiger partial charge in [-0.1, -0.05) is 12.8 Å². The summed E-state index contributed by atoms with van der Waals surface area (Å²) in [6.07, 6.45) is 6.42. The second-order valence-electron chi connectivity index (χ2n) is 4.88. The molecule has 1 aromatic rings. The van der Waals surface area contributed by atoms with Gasteiger partial charge in [-0.2, -0.15) is 0 Å². The van der Waals surface area contributed by atoms with E-state index in [0.717, 1.165) is 37.9 Å². The van der Waals surface area contributed by atoms with E-state index in [1.54, 1.807) is 12.7 Å². The molecule has 2 rings (SSSR count). The number of carbonyl (C=O) groups is 1. The first-order valence-electron chi connectivity index (χ1n) is 6.88. The van der Waals surface area contributed by atoms with E-state index in [1.807, 2.05) is 4.57 Å². The Morgan fingerprint density at radius 1 is 1.40 bits per heavy atom. The molecular formula is C13H20N4O3. The first-order valence-corrected chi connectivity index (χ1v) is 6.88. The standard InChI is InChI=1S/C13H20N4O3/c18-10-7-14-8-15-13-12(10)17(9-16-13)6-4-2-1-3-5-11(19)20/h8-10,18H,1-7H2,(H,14,15)(H,19,20). The van der Waals surface area contributed by atoms with E-state index in [0.29, 0.717) is 12.4 Å². The largest absolute Gasteiger partial charge is 0.481 e. The number of unbranched alkanes of at least 4 members (excludes halogenated alkanes) is 3. The zero-order valence-electron chi connectivity index (χ0n) is 11.3. The molecule has 110 valence electrons. The molecule has 7 nitrogen and oxygen atoms in total. The monoisotopic (exact) mass is 280 g/mol. The number of imidazole rings is 1. The van der Waals surface area contributed by atoms with Gasteiger partial charge in [0.2, 0.25) is 0 Å². The van der Waals surface area contributed by atoms with Gasteiger partial charge in [0.25, 0.3) is 0 Å². The number of anilines is 1. The molecule has 0 aromatic carbocycles. The highest BCUT2D eigenvalue weighted by atomic mass is 16.4. The topological polar surface area (TPSA) is 99.7 Å². The van der Waals surface area contributed by atoms with Gasteiger partial charge < -0.3 is 20.1 Å². The Bertz CT molecular complexity index is 484. The molecule has 2 heterocycles. The minimum atomic E-state index is -0.737. The molecule has 0 amide bonds. The van der Waals surface area contributed by atoms with Crippen LogP contribution in [0.15, 0.2) is 11.3 Å². The molecule has 1 unspecified atom stereocenters. The van der Waals surface area contributed by atoms with Crippen molar-refractivity contribution in [3.8, 4) is 0 Å². The van der Waals surface area contributed by atoms with E-state index in [2.05, 4.69) is 15.3 Å². The fourth-order valence-electron chi connectivity index (χ4n) is 2.29. The fourth-order valence-corrected chi connectivity index (χ4v) is 2.29. The van der Waals surface area contributed by atoms with Crippen LogP contribution in [0.1, 0.15) is 43.9 Å². The van der Waals surface area contributed by atoms with Gasteiger partial charge in [-0.3, -0.25) is 9.79 Å². The quantitative estimate of drug-likeness (QED) is 0.656. The van der Waals surface area contributed by atoms with Crippen molar-refractivity contribution >= 4 is 18.1 Å². The van der Waals surface area contributed by atoms with Crippen molar-refractivity contribution in [1.82, 2.24) is 9.55 Å². The van der Waals surface area contributed by atoms with Crippen LogP contribution in [0.2, 0.25) is 0 Å². The predicted molar refractivity (Wildman–Crippen MR) is 74.9 cm³/mol. The van der Waals surface area contributed by atoms with Crippen LogP contribution >= 0.6 is 0 Å². The highest BCUT2D eigenvalue weighted by molar-refractivity contribution is 5.75. The summed E-state index contributed by atoms with van der Waals surface area (Å²) in [5.41, 5.74) is 0.771. The SMILES string of the molecule is O=C(O)CCCCCCn1cnc2c1C(O)CN=CN2. The average molecular weight is 280 g/mol. The van der Waals surface area contributed by atoms with Crippen molar-refractivity contribution in [3.05, 3.63) is 12.0 Å². The van der Waals surface area contributed by atoms with E-state index in [4.69, 9.17) is 5.11 Å². The molecule has 1 atom stereocenters. The molecule has 1 aromatic heterocycles. The Morgan fingerprint density at radius 2 is 2.20 bits per heavy atom. The number of carboxylic acid groups (broad SMARTS) is 1. The maximum Gasteiger partial charge on any atom is 0.303 e. The van der Waals surface area contributed by atoms with Crippen molar-refractivity contribution in [2.75, 3.05) is 11.9 Å². The Kier molecular flexibility index (Phi) is 5.11. The summed E-state index contributed by atoms with van der Waals surface area (Å²) in [6, 6.07) is 0. The average Bonchev–Trinajstić information content (AvgIpc) is 2.72. The number of nitrogens with one attached hydrogen (secondary N) is 1. The van der Waals surface area contributed by atoms with E-state index < -0.39 is 12.1 Å². The number of hydrogen-bond donors (Lipinski definition) is 3. The minimum Gasteiger partial charge on any atom is -0.481 e. The van der Waals surface area contributed by atoms with Crippen LogP contribution in [0.4, 0.5) is 5.82 Å². The van der Waals surface area contributed by atoms with Crippen molar-refractivity contribution in [1.29, 1.82) is 0 Å². The van der Waals surface area contributed by atoms with Crippen LogP contribution in [-0.2, 0) is 11.3 Å². The van der Waals surface area contributed by atoms with Gasteiger partial charge in [0, 0.05) is 13.0 Å². The number of aryl methyl sites for hydroxylation is 1. The third-order valence-electron chi connectivity index (χ3n) is 3.30. The second-order valence-corrected chi connectivity index (χ2v) is 4.88. The van der Waals surface area contributed by atoms with Gasteiger partial charge in [-0.25, -0.2) is 4.98 Å². The number of nitrogens with zero attached hydrogens (tertiary/aromatic N) is 3. The normalized spacial score (nSPS) is 17.4. The van der Waals surface area contributed by atoms with E-state index in [9.17, 15) is 9.90 Å². The van der Waals surface area contributed by atoms with E-state index in [-0.39, 0.29) is 6.42 Å². The molecule has 7 heteroatoms. The summed E-state index contributed by atoms with van der Waals surface area (Å²) in [4.78, 5) is 18.6. The zero-order valence-corrected chi connectivity index (χ0v) is 11.3. The summed E-state index contributed by atoms with van der Waals surface area (Å²) in [7, 11) is 0. The molecule has 0 bridgehead atoms. The van der Waals surface area contributed by atoms with Crippen LogP contribution < -0.4 is 5.32 Å². The number of aliphatic hydroxyl groups is 1. The lowest BCUT2D eigenvalue weighted by Crippen LogP contribution is -2.10. The van der Waals surface area contributed by atoms with Gasteiger partial charge >= 0.3 is 5.97 Å². The van der Waals surface area contributed by atoms with Crippen LogP contribution in [0.3, 0.4) is 0 Å². The number of hydrogen-bond acceptors (Lipinski definition) is 5. The van der Waals surface area contributed by atoms with Crippen LogP contribution in [0.5, 0.6) is 0 Å². The molecule has 20 heavy (non-hydrogen) atoms. The van der Waals surface area contributed by atoms with Crippen LogP contribution in [0, 0.1) is 0 Å². The second kappa shape index (κ2) is 7.04.